The van der Waals surface area contributed by atoms with Crippen LogP contribution < -0.4 is 4.74 Å². The van der Waals surface area contributed by atoms with Gasteiger partial charge in [0, 0.05) is 6.61 Å². The molecule has 1 aliphatic carbocycles. The van der Waals surface area contributed by atoms with E-state index in [0.717, 1.165) is 25.0 Å². The molecule has 1 aromatic rings. The number of ether oxygens (including phenoxy) is 1. The molecule has 1 saturated carbocycles. The molecule has 1 fully saturated rings. The van der Waals surface area contributed by atoms with E-state index in [9.17, 15) is 0 Å². The van der Waals surface area contributed by atoms with E-state index in [0.29, 0.717) is 24.5 Å². The Labute approximate surface area is 123 Å². The van der Waals surface area contributed by atoms with Crippen molar-refractivity contribution >= 4 is 0 Å². The zero-order chi connectivity index (χ0) is 14.4. The molecule has 1 aliphatic rings. The Balaban J connectivity index is 1.84. The first-order valence-corrected chi connectivity index (χ1v) is 8.11. The van der Waals surface area contributed by atoms with Crippen molar-refractivity contribution in [3.05, 3.63) is 29.8 Å². The molecule has 0 heterocycles. The van der Waals surface area contributed by atoms with Gasteiger partial charge in [-0.25, -0.2) is 0 Å². The minimum absolute atomic E-state index is 0.312. The van der Waals surface area contributed by atoms with Gasteiger partial charge in [-0.2, -0.15) is 0 Å². The summed E-state index contributed by atoms with van der Waals surface area (Å²) in [5.74, 6) is 2.34. The summed E-state index contributed by atoms with van der Waals surface area (Å²) in [7, 11) is 0. The lowest BCUT2D eigenvalue weighted by molar-refractivity contribution is -0.0173. The molecule has 112 valence electrons. The monoisotopic (exact) mass is 276 g/mol. The Hall–Kier alpha value is -1.02. The lowest BCUT2D eigenvalue weighted by atomic mass is 9.70. The van der Waals surface area contributed by atoms with Gasteiger partial charge < -0.3 is 9.84 Å². The predicted molar refractivity (Wildman–Crippen MR) is 83.1 cm³/mol. The van der Waals surface area contributed by atoms with Gasteiger partial charge in [-0.05, 0) is 55.2 Å². The van der Waals surface area contributed by atoms with E-state index in [1.54, 1.807) is 0 Å². The third-order valence-electron chi connectivity index (χ3n) is 4.42. The van der Waals surface area contributed by atoms with Crippen molar-refractivity contribution in [3.63, 3.8) is 0 Å². The molecule has 1 aromatic carbocycles. The van der Waals surface area contributed by atoms with E-state index in [2.05, 4.69) is 38.1 Å². The van der Waals surface area contributed by atoms with E-state index in [1.807, 2.05) is 0 Å². The van der Waals surface area contributed by atoms with Crippen molar-refractivity contribution < 1.29 is 9.84 Å². The quantitative estimate of drug-likeness (QED) is 0.721. The fourth-order valence-electron chi connectivity index (χ4n) is 3.21. The maximum absolute atomic E-state index is 8.86. The maximum atomic E-state index is 8.86. The van der Waals surface area contributed by atoms with Crippen LogP contribution in [0.1, 0.15) is 51.5 Å². The van der Waals surface area contributed by atoms with E-state index in [4.69, 9.17) is 9.84 Å². The fourth-order valence-corrected chi connectivity index (χ4v) is 3.21. The molecule has 20 heavy (non-hydrogen) atoms. The molecule has 2 nitrogen and oxygen atoms in total. The molecule has 0 saturated heterocycles. The number of aryl methyl sites for hydroxylation is 1. The largest absolute Gasteiger partial charge is 0.490 e. The highest BCUT2D eigenvalue weighted by Crippen LogP contribution is 2.40. The summed E-state index contributed by atoms with van der Waals surface area (Å²) in [4.78, 5) is 0. The van der Waals surface area contributed by atoms with Crippen LogP contribution >= 0.6 is 0 Å². The van der Waals surface area contributed by atoms with Crippen molar-refractivity contribution in [1.29, 1.82) is 0 Å². The molecule has 0 amide bonds. The summed E-state index contributed by atoms with van der Waals surface area (Å²) in [6.45, 7) is 4.79. The van der Waals surface area contributed by atoms with Crippen molar-refractivity contribution in [1.82, 2.24) is 0 Å². The topological polar surface area (TPSA) is 29.5 Å². The lowest BCUT2D eigenvalue weighted by Crippen LogP contribution is -2.44. The second-order valence-electron chi connectivity index (χ2n) is 6.17. The number of hydrogen-bond acceptors (Lipinski definition) is 2. The van der Waals surface area contributed by atoms with Gasteiger partial charge in [-0.1, -0.05) is 38.8 Å². The van der Waals surface area contributed by atoms with Crippen LogP contribution in [0.5, 0.6) is 5.75 Å². The van der Waals surface area contributed by atoms with Gasteiger partial charge in [-0.3, -0.25) is 0 Å². The van der Waals surface area contributed by atoms with Crippen LogP contribution in [0.25, 0.3) is 0 Å². The maximum Gasteiger partial charge on any atom is 0.119 e. The van der Waals surface area contributed by atoms with E-state index in [1.165, 1.54) is 24.8 Å². The normalized spacial score (nSPS) is 25.2. The molecule has 0 aliphatic heterocycles. The molecule has 0 spiro atoms. The molecular weight excluding hydrogens is 248 g/mol. The van der Waals surface area contributed by atoms with Gasteiger partial charge in [0.1, 0.15) is 11.9 Å². The summed E-state index contributed by atoms with van der Waals surface area (Å²) in [5, 5.41) is 8.86. The summed E-state index contributed by atoms with van der Waals surface area (Å²) in [6, 6.07) is 8.59. The molecule has 3 unspecified atom stereocenters. The number of hydrogen-bond donors (Lipinski definition) is 1. The molecular formula is C18H28O2. The molecule has 2 rings (SSSR count). The van der Waals surface area contributed by atoms with E-state index in [-0.39, 0.29) is 0 Å². The van der Waals surface area contributed by atoms with Gasteiger partial charge >= 0.3 is 0 Å². The Morgan fingerprint density at radius 2 is 1.95 bits per heavy atom. The fraction of sp³-hybridized carbons (Fsp3) is 0.667. The second kappa shape index (κ2) is 7.68. The Kier molecular flexibility index (Phi) is 5.90. The van der Waals surface area contributed by atoms with Crippen LogP contribution in [0.2, 0.25) is 0 Å². The predicted octanol–water partition coefficient (Wildman–Crippen LogP) is 4.21. The zero-order valence-electron chi connectivity index (χ0n) is 12.8. The molecule has 3 atom stereocenters. The third-order valence-corrected chi connectivity index (χ3v) is 4.42. The van der Waals surface area contributed by atoms with Crippen molar-refractivity contribution in [3.8, 4) is 5.75 Å². The van der Waals surface area contributed by atoms with Gasteiger partial charge in [0.15, 0.2) is 0 Å². The second-order valence-corrected chi connectivity index (χ2v) is 6.17. The van der Waals surface area contributed by atoms with Gasteiger partial charge in [0.2, 0.25) is 0 Å². The molecule has 0 aromatic heterocycles. The van der Waals surface area contributed by atoms with Gasteiger partial charge in [0.25, 0.3) is 0 Å². The Morgan fingerprint density at radius 3 is 2.55 bits per heavy atom. The first-order valence-electron chi connectivity index (χ1n) is 8.11. The van der Waals surface area contributed by atoms with Crippen LogP contribution in [0.4, 0.5) is 0 Å². The van der Waals surface area contributed by atoms with E-state index >= 15 is 0 Å². The number of benzene rings is 1. The smallest absolute Gasteiger partial charge is 0.119 e. The van der Waals surface area contributed by atoms with Crippen LogP contribution in [0, 0.1) is 11.8 Å². The minimum Gasteiger partial charge on any atom is -0.490 e. The Bertz CT molecular complexity index is 385. The number of rotatable bonds is 8. The first-order chi connectivity index (χ1) is 9.74. The number of unbranched alkanes of at least 4 members (excludes halogenated alkanes) is 1. The number of aliphatic hydroxyl groups excluding tert-OH is 1. The molecule has 2 heteroatoms. The highest BCUT2D eigenvalue weighted by molar-refractivity contribution is 5.27. The highest BCUT2D eigenvalue weighted by atomic mass is 16.5. The zero-order valence-corrected chi connectivity index (χ0v) is 12.8. The molecule has 0 radical (unpaired) electrons. The number of aliphatic hydroxyl groups is 1. The highest BCUT2D eigenvalue weighted by Gasteiger charge is 2.39. The molecule has 1 N–H and O–H groups in total. The summed E-state index contributed by atoms with van der Waals surface area (Å²) in [5.41, 5.74) is 1.39. The third kappa shape index (κ3) is 3.99. The standard InChI is InChI=1S/C18H28O2/c1-3-6-15-8-10-17(11-9-15)20-18-14(2)13-16(18)7-4-5-12-19/h8-11,14,16,18-19H,3-7,12-13H2,1-2H3. The summed E-state index contributed by atoms with van der Waals surface area (Å²) >= 11 is 0. The van der Waals surface area contributed by atoms with Crippen LogP contribution in [0.3, 0.4) is 0 Å². The van der Waals surface area contributed by atoms with Gasteiger partial charge in [0.05, 0.1) is 0 Å². The first kappa shape index (κ1) is 15.4. The molecule has 0 bridgehead atoms. The summed E-state index contributed by atoms with van der Waals surface area (Å²) in [6.07, 6.45) is 7.18. The lowest BCUT2D eigenvalue weighted by Gasteiger charge is -2.43. The van der Waals surface area contributed by atoms with E-state index < -0.39 is 0 Å². The van der Waals surface area contributed by atoms with Crippen molar-refractivity contribution in [2.75, 3.05) is 6.61 Å². The van der Waals surface area contributed by atoms with Crippen molar-refractivity contribution in [2.45, 2.75) is 58.5 Å². The Morgan fingerprint density at radius 1 is 1.20 bits per heavy atom. The van der Waals surface area contributed by atoms with Crippen LogP contribution in [-0.2, 0) is 6.42 Å². The van der Waals surface area contributed by atoms with Gasteiger partial charge in [-0.15, -0.1) is 0 Å². The average Bonchev–Trinajstić information content (AvgIpc) is 2.46. The van der Waals surface area contributed by atoms with Crippen LogP contribution in [0.15, 0.2) is 24.3 Å². The SMILES string of the molecule is CCCc1ccc(OC2C(C)CC2CCCCO)cc1. The van der Waals surface area contributed by atoms with Crippen molar-refractivity contribution in [2.24, 2.45) is 11.8 Å². The summed E-state index contributed by atoms with van der Waals surface area (Å²) < 4.78 is 6.18. The van der Waals surface area contributed by atoms with Crippen LogP contribution in [-0.4, -0.2) is 17.8 Å². The minimum atomic E-state index is 0.312. The average molecular weight is 276 g/mol.